The second kappa shape index (κ2) is 6.97. The van der Waals surface area contributed by atoms with E-state index >= 15 is 0 Å². The largest absolute Gasteiger partial charge is 0.307 e. The van der Waals surface area contributed by atoms with E-state index < -0.39 is 0 Å². The van der Waals surface area contributed by atoms with Crippen molar-refractivity contribution in [1.82, 2.24) is 5.32 Å². The lowest BCUT2D eigenvalue weighted by atomic mass is 9.93. The third kappa shape index (κ3) is 3.75. The molecule has 100 valence electrons. The Morgan fingerprint density at radius 3 is 2.83 bits per heavy atom. The Morgan fingerprint density at radius 1 is 1.33 bits per heavy atom. The van der Waals surface area contributed by atoms with Crippen LogP contribution in [0.15, 0.2) is 28.7 Å². The van der Waals surface area contributed by atoms with Crippen LogP contribution in [-0.4, -0.2) is 17.5 Å². The van der Waals surface area contributed by atoms with Crippen LogP contribution in [0.1, 0.15) is 44.2 Å². The van der Waals surface area contributed by atoms with Crippen LogP contribution in [0, 0.1) is 0 Å². The van der Waals surface area contributed by atoms with E-state index in [2.05, 4.69) is 58.7 Å². The molecule has 1 aliphatic carbocycles. The Morgan fingerprint density at radius 2 is 2.11 bits per heavy atom. The highest BCUT2D eigenvalue weighted by atomic mass is 79.9. The van der Waals surface area contributed by atoms with Crippen molar-refractivity contribution in [2.45, 2.75) is 49.9 Å². The Hall–Kier alpha value is 0.01000. The number of halogens is 1. The molecule has 18 heavy (non-hydrogen) atoms. The van der Waals surface area contributed by atoms with Gasteiger partial charge in [0, 0.05) is 21.8 Å². The Kier molecular flexibility index (Phi) is 5.58. The normalized spacial score (nSPS) is 25.9. The summed E-state index contributed by atoms with van der Waals surface area (Å²) in [5.41, 5.74) is 1.36. The molecule has 0 saturated heterocycles. The maximum Gasteiger partial charge on any atom is 0.0305 e. The molecular formula is C15H22BrNS. The minimum absolute atomic E-state index is 0.422. The van der Waals surface area contributed by atoms with Crippen molar-refractivity contribution in [3.63, 3.8) is 0 Å². The minimum atomic E-state index is 0.422. The van der Waals surface area contributed by atoms with E-state index in [1.54, 1.807) is 0 Å². The van der Waals surface area contributed by atoms with Gasteiger partial charge in [-0.2, -0.15) is 11.8 Å². The zero-order chi connectivity index (χ0) is 13.0. The standard InChI is InChI=1S/C15H22BrNS/c1-11(14-8-3-4-9-15(14)16)17-12-6-5-7-13(10-12)18-2/h3-4,8-9,11-13,17H,5-7,10H2,1-2H3. The molecule has 0 aliphatic heterocycles. The first-order chi connectivity index (χ1) is 8.70. The molecular weight excluding hydrogens is 306 g/mol. The first kappa shape index (κ1) is 14.4. The molecule has 3 atom stereocenters. The van der Waals surface area contributed by atoms with E-state index in [1.165, 1.54) is 35.7 Å². The lowest BCUT2D eigenvalue weighted by Crippen LogP contribution is -2.36. The monoisotopic (exact) mass is 327 g/mol. The van der Waals surface area contributed by atoms with Crippen LogP contribution in [0.2, 0.25) is 0 Å². The zero-order valence-corrected chi connectivity index (χ0v) is 13.6. The van der Waals surface area contributed by atoms with E-state index in [4.69, 9.17) is 0 Å². The highest BCUT2D eigenvalue weighted by Crippen LogP contribution is 2.29. The van der Waals surface area contributed by atoms with Crippen molar-refractivity contribution >= 4 is 27.7 Å². The molecule has 3 unspecified atom stereocenters. The smallest absolute Gasteiger partial charge is 0.0305 e. The SMILES string of the molecule is CSC1CCCC(NC(C)c2ccccc2Br)C1. The molecule has 1 saturated carbocycles. The Bertz CT molecular complexity index is 383. The van der Waals surface area contributed by atoms with Gasteiger partial charge in [-0.15, -0.1) is 0 Å². The van der Waals surface area contributed by atoms with Crippen LogP contribution < -0.4 is 5.32 Å². The van der Waals surface area contributed by atoms with Gasteiger partial charge in [-0.05, 0) is 44.1 Å². The number of thioether (sulfide) groups is 1. The maximum atomic E-state index is 3.80. The molecule has 1 aromatic carbocycles. The van der Waals surface area contributed by atoms with Crippen molar-refractivity contribution in [2.75, 3.05) is 6.26 Å². The molecule has 0 bridgehead atoms. The van der Waals surface area contributed by atoms with Crippen LogP contribution in [0.3, 0.4) is 0 Å². The van der Waals surface area contributed by atoms with Crippen LogP contribution >= 0.6 is 27.7 Å². The Balaban J connectivity index is 1.95. The molecule has 0 heterocycles. The predicted octanol–water partition coefficient (Wildman–Crippen LogP) is 4.77. The van der Waals surface area contributed by atoms with Gasteiger partial charge < -0.3 is 5.32 Å². The zero-order valence-electron chi connectivity index (χ0n) is 11.2. The molecule has 0 aromatic heterocycles. The summed E-state index contributed by atoms with van der Waals surface area (Å²) < 4.78 is 1.21. The fourth-order valence-electron chi connectivity index (χ4n) is 2.78. The fourth-order valence-corrected chi connectivity index (χ4v) is 4.24. The number of hydrogen-bond acceptors (Lipinski definition) is 2. The average molecular weight is 328 g/mol. The summed E-state index contributed by atoms with van der Waals surface area (Å²) in [7, 11) is 0. The highest BCUT2D eigenvalue weighted by molar-refractivity contribution is 9.10. The quantitative estimate of drug-likeness (QED) is 0.854. The first-order valence-electron chi connectivity index (χ1n) is 6.74. The molecule has 0 spiro atoms. The third-order valence-electron chi connectivity index (χ3n) is 3.82. The number of benzene rings is 1. The van der Waals surface area contributed by atoms with E-state index in [9.17, 15) is 0 Å². The second-order valence-corrected chi connectivity index (χ2v) is 7.12. The predicted molar refractivity (Wildman–Crippen MR) is 85.3 cm³/mol. The minimum Gasteiger partial charge on any atom is -0.307 e. The van der Waals surface area contributed by atoms with Gasteiger partial charge in [0.1, 0.15) is 0 Å². The topological polar surface area (TPSA) is 12.0 Å². The lowest BCUT2D eigenvalue weighted by Gasteiger charge is -2.31. The van der Waals surface area contributed by atoms with Gasteiger partial charge in [0.2, 0.25) is 0 Å². The summed E-state index contributed by atoms with van der Waals surface area (Å²) in [6, 6.07) is 9.62. The van der Waals surface area contributed by atoms with Gasteiger partial charge in [-0.3, -0.25) is 0 Å². The van der Waals surface area contributed by atoms with Crippen LogP contribution in [-0.2, 0) is 0 Å². The fraction of sp³-hybridized carbons (Fsp3) is 0.600. The molecule has 0 amide bonds. The maximum absolute atomic E-state index is 3.80. The molecule has 1 aliphatic rings. The van der Waals surface area contributed by atoms with Gasteiger partial charge in [0.25, 0.3) is 0 Å². The summed E-state index contributed by atoms with van der Waals surface area (Å²) in [5.74, 6) is 0. The second-order valence-electron chi connectivity index (χ2n) is 5.13. The summed E-state index contributed by atoms with van der Waals surface area (Å²) in [6.07, 6.45) is 7.64. The molecule has 1 aromatic rings. The average Bonchev–Trinajstić information content (AvgIpc) is 2.39. The van der Waals surface area contributed by atoms with Crippen molar-refractivity contribution < 1.29 is 0 Å². The molecule has 3 heteroatoms. The van der Waals surface area contributed by atoms with Gasteiger partial charge in [-0.25, -0.2) is 0 Å². The third-order valence-corrected chi connectivity index (χ3v) is 5.63. The summed E-state index contributed by atoms with van der Waals surface area (Å²) in [6.45, 7) is 2.27. The summed E-state index contributed by atoms with van der Waals surface area (Å²) in [4.78, 5) is 0. The van der Waals surface area contributed by atoms with Gasteiger partial charge in [0.15, 0.2) is 0 Å². The van der Waals surface area contributed by atoms with Crippen LogP contribution in [0.4, 0.5) is 0 Å². The lowest BCUT2D eigenvalue weighted by molar-refractivity contribution is 0.353. The van der Waals surface area contributed by atoms with E-state index in [1.807, 2.05) is 11.8 Å². The number of rotatable bonds is 4. The number of nitrogens with one attached hydrogen (secondary N) is 1. The van der Waals surface area contributed by atoms with Crippen molar-refractivity contribution in [3.8, 4) is 0 Å². The van der Waals surface area contributed by atoms with Gasteiger partial charge >= 0.3 is 0 Å². The van der Waals surface area contributed by atoms with Crippen molar-refractivity contribution in [2.24, 2.45) is 0 Å². The van der Waals surface area contributed by atoms with Crippen LogP contribution in [0.5, 0.6) is 0 Å². The van der Waals surface area contributed by atoms with E-state index in [-0.39, 0.29) is 0 Å². The van der Waals surface area contributed by atoms with Crippen LogP contribution in [0.25, 0.3) is 0 Å². The molecule has 1 nitrogen and oxygen atoms in total. The van der Waals surface area contributed by atoms with Crippen molar-refractivity contribution in [1.29, 1.82) is 0 Å². The molecule has 0 radical (unpaired) electrons. The van der Waals surface area contributed by atoms with E-state index in [0.717, 1.165) is 5.25 Å². The first-order valence-corrected chi connectivity index (χ1v) is 8.82. The van der Waals surface area contributed by atoms with E-state index in [0.29, 0.717) is 12.1 Å². The molecule has 1 N–H and O–H groups in total. The van der Waals surface area contributed by atoms with Gasteiger partial charge in [0.05, 0.1) is 0 Å². The number of hydrogen-bond donors (Lipinski definition) is 1. The highest BCUT2D eigenvalue weighted by Gasteiger charge is 2.23. The van der Waals surface area contributed by atoms with Gasteiger partial charge in [-0.1, -0.05) is 40.5 Å². The molecule has 1 fully saturated rings. The summed E-state index contributed by atoms with van der Waals surface area (Å²) >= 11 is 5.67. The summed E-state index contributed by atoms with van der Waals surface area (Å²) in [5, 5.41) is 4.65. The molecule has 2 rings (SSSR count). The Labute approximate surface area is 123 Å². The van der Waals surface area contributed by atoms with Crippen molar-refractivity contribution in [3.05, 3.63) is 34.3 Å².